The minimum Gasteiger partial charge on any atom is -0.481 e. The van der Waals surface area contributed by atoms with Gasteiger partial charge in [0, 0.05) is 35.5 Å². The van der Waals surface area contributed by atoms with E-state index in [1.807, 2.05) is 22.8 Å². The summed E-state index contributed by atoms with van der Waals surface area (Å²) in [4.78, 5) is 8.65. The maximum atomic E-state index is 6.29. The zero-order valence-electron chi connectivity index (χ0n) is 15.1. The van der Waals surface area contributed by atoms with Crippen LogP contribution in [0.1, 0.15) is 17.0 Å². The second-order valence-corrected chi connectivity index (χ2v) is 6.52. The zero-order chi connectivity index (χ0) is 19.7. The van der Waals surface area contributed by atoms with Crippen LogP contribution < -0.4 is 21.3 Å². The van der Waals surface area contributed by atoms with Gasteiger partial charge in [0.15, 0.2) is 0 Å². The molecule has 0 unspecified atom stereocenters. The molecule has 0 spiro atoms. The fraction of sp³-hybridized carbons (Fsp3) is 0.100. The number of imidazole rings is 1. The molecule has 0 radical (unpaired) electrons. The molecule has 2 aromatic heterocycles. The van der Waals surface area contributed by atoms with Crippen molar-refractivity contribution in [2.24, 2.45) is 11.6 Å². The van der Waals surface area contributed by atoms with E-state index >= 15 is 0 Å². The molecule has 4 rings (SSSR count). The number of benzene rings is 1. The molecule has 3 heterocycles. The Morgan fingerprint density at radius 1 is 1.18 bits per heavy atom. The van der Waals surface area contributed by atoms with Crippen molar-refractivity contribution in [2.75, 3.05) is 12.1 Å². The fourth-order valence-corrected chi connectivity index (χ4v) is 3.17. The van der Waals surface area contributed by atoms with E-state index in [1.54, 1.807) is 36.8 Å². The average Bonchev–Trinajstić information content (AvgIpc) is 3.07. The number of hydrogen-bond donors (Lipinski definition) is 2. The third-order valence-corrected chi connectivity index (χ3v) is 4.68. The lowest BCUT2D eigenvalue weighted by atomic mass is 10.2. The lowest BCUT2D eigenvalue weighted by Crippen LogP contribution is -2.31. The second-order valence-electron chi connectivity index (χ2n) is 6.09. The number of anilines is 1. The molecule has 0 fully saturated rings. The lowest BCUT2D eigenvalue weighted by molar-refractivity contribution is 0.398. The number of allylic oxidation sites excluding steroid dienone is 1. The Balaban J connectivity index is 1.80. The molecule has 0 aliphatic carbocycles. The molecular weight excluding hydrogens is 376 g/mol. The summed E-state index contributed by atoms with van der Waals surface area (Å²) in [6.07, 6.45) is 5.35. The van der Waals surface area contributed by atoms with Crippen LogP contribution in [0.15, 0.2) is 54.8 Å². The average molecular weight is 393 g/mol. The van der Waals surface area contributed by atoms with Gasteiger partial charge in [0.2, 0.25) is 5.88 Å². The van der Waals surface area contributed by atoms with Crippen molar-refractivity contribution in [3.63, 3.8) is 0 Å². The van der Waals surface area contributed by atoms with Crippen molar-refractivity contribution in [1.29, 1.82) is 0 Å². The van der Waals surface area contributed by atoms with E-state index in [4.69, 9.17) is 27.9 Å². The summed E-state index contributed by atoms with van der Waals surface area (Å²) in [6.45, 7) is 0. The normalized spacial score (nSPS) is 14.0. The highest BCUT2D eigenvalue weighted by Crippen LogP contribution is 2.34. The Labute approximate surface area is 167 Å². The number of ether oxygens (including phenoxy) is 1. The summed E-state index contributed by atoms with van der Waals surface area (Å²) in [6, 6.07) is 9.11. The molecule has 0 amide bonds. The Kier molecular flexibility index (Phi) is 4.65. The minimum absolute atomic E-state index is 0.476. The third-order valence-electron chi connectivity index (χ3n) is 4.44. The van der Waals surface area contributed by atoms with Crippen LogP contribution in [0.25, 0.3) is 5.69 Å². The van der Waals surface area contributed by atoms with Crippen molar-refractivity contribution in [3.05, 3.63) is 76.7 Å². The first-order valence-electron chi connectivity index (χ1n) is 8.44. The number of aromatic nitrogens is 3. The topological polar surface area (TPSA) is 95.2 Å². The van der Waals surface area contributed by atoms with Gasteiger partial charge in [-0.1, -0.05) is 17.5 Å². The van der Waals surface area contributed by atoms with Crippen molar-refractivity contribution in [2.45, 2.75) is 6.42 Å². The van der Waals surface area contributed by atoms with E-state index in [0.717, 1.165) is 28.3 Å². The number of fused-ring (bicyclic) bond motifs is 3. The number of hydrogen-bond acceptors (Lipinski definition) is 6. The summed E-state index contributed by atoms with van der Waals surface area (Å²) in [5.41, 5.74) is 10.4. The van der Waals surface area contributed by atoms with Gasteiger partial charge in [-0.3, -0.25) is 9.58 Å². The number of nitrogens with two attached hydrogens (primary N) is 2. The molecule has 4 N–H and O–H groups in total. The molecule has 28 heavy (non-hydrogen) atoms. The largest absolute Gasteiger partial charge is 0.481 e. The lowest BCUT2D eigenvalue weighted by Gasteiger charge is -2.21. The monoisotopic (exact) mass is 392 g/mol. The number of rotatable bonds is 1. The SMILES string of the molecule is COc1ccc(C#Cc2ncn3c2C/C(=C/N)N(N)c2cc(Cl)ccc2-3)cn1. The van der Waals surface area contributed by atoms with E-state index in [0.29, 0.717) is 23.0 Å². The van der Waals surface area contributed by atoms with Crippen molar-refractivity contribution in [1.82, 2.24) is 14.5 Å². The first kappa shape index (κ1) is 17.9. The van der Waals surface area contributed by atoms with Crippen LogP contribution in [-0.4, -0.2) is 21.6 Å². The summed E-state index contributed by atoms with van der Waals surface area (Å²) in [7, 11) is 1.57. The molecule has 0 atom stereocenters. The number of pyridine rings is 1. The van der Waals surface area contributed by atoms with Crippen LogP contribution in [0.2, 0.25) is 5.02 Å². The van der Waals surface area contributed by atoms with Gasteiger partial charge in [0.25, 0.3) is 0 Å². The highest BCUT2D eigenvalue weighted by atomic mass is 35.5. The van der Waals surface area contributed by atoms with Crippen molar-refractivity contribution >= 4 is 17.3 Å². The van der Waals surface area contributed by atoms with Gasteiger partial charge >= 0.3 is 0 Å². The molecule has 1 aliphatic heterocycles. The molecular formula is C20H17ClN6O. The molecule has 0 saturated carbocycles. The Hall–Kier alpha value is -3.47. The number of hydrazine groups is 1. The fourth-order valence-electron chi connectivity index (χ4n) is 3.00. The van der Waals surface area contributed by atoms with Gasteiger partial charge in [-0.2, -0.15) is 0 Å². The van der Waals surface area contributed by atoms with Gasteiger partial charge in [-0.05, 0) is 30.2 Å². The van der Waals surface area contributed by atoms with Gasteiger partial charge in [-0.25, -0.2) is 15.8 Å². The van der Waals surface area contributed by atoms with Crippen LogP contribution in [0.3, 0.4) is 0 Å². The summed E-state index contributed by atoms with van der Waals surface area (Å²) in [5, 5.41) is 2.12. The zero-order valence-corrected chi connectivity index (χ0v) is 15.8. The summed E-state index contributed by atoms with van der Waals surface area (Å²) < 4.78 is 7.02. The minimum atomic E-state index is 0.476. The first-order chi connectivity index (χ1) is 13.6. The van der Waals surface area contributed by atoms with Gasteiger partial charge in [0.05, 0.1) is 29.9 Å². The summed E-state index contributed by atoms with van der Waals surface area (Å²) >= 11 is 6.16. The Morgan fingerprint density at radius 3 is 2.75 bits per heavy atom. The maximum Gasteiger partial charge on any atom is 0.212 e. The Morgan fingerprint density at radius 2 is 2.04 bits per heavy atom. The van der Waals surface area contributed by atoms with E-state index in [2.05, 4.69) is 21.8 Å². The van der Waals surface area contributed by atoms with E-state index in [1.165, 1.54) is 6.20 Å². The molecule has 140 valence electrons. The maximum absolute atomic E-state index is 6.29. The van der Waals surface area contributed by atoms with Gasteiger partial charge in [-0.15, -0.1) is 0 Å². The van der Waals surface area contributed by atoms with Crippen LogP contribution >= 0.6 is 11.6 Å². The van der Waals surface area contributed by atoms with Crippen molar-refractivity contribution in [3.8, 4) is 23.4 Å². The Bertz CT molecular complexity index is 1120. The highest BCUT2D eigenvalue weighted by Gasteiger charge is 2.24. The quantitative estimate of drug-likeness (QED) is 0.487. The predicted octanol–water partition coefficient (Wildman–Crippen LogP) is 2.37. The van der Waals surface area contributed by atoms with Crippen LogP contribution in [0.4, 0.5) is 5.69 Å². The standard InChI is InChI=1S/C20H17ClN6O/c1-28-20-7-3-13(11-24-20)2-5-16-18-9-15(10-22)27(23)19-8-14(21)4-6-17(19)26(18)12-25-16/h3-4,6-8,10-12H,9,22-23H2,1H3/b15-10-. The first-order valence-corrected chi connectivity index (χ1v) is 8.82. The molecule has 1 aromatic carbocycles. The van der Waals surface area contributed by atoms with E-state index < -0.39 is 0 Å². The van der Waals surface area contributed by atoms with Crippen LogP contribution in [-0.2, 0) is 6.42 Å². The van der Waals surface area contributed by atoms with Gasteiger partial charge < -0.3 is 10.5 Å². The summed E-state index contributed by atoms with van der Waals surface area (Å²) in [5.74, 6) is 13.0. The van der Waals surface area contributed by atoms with Crippen LogP contribution in [0.5, 0.6) is 5.88 Å². The van der Waals surface area contributed by atoms with E-state index in [-0.39, 0.29) is 0 Å². The number of methoxy groups -OCH3 is 1. The smallest absolute Gasteiger partial charge is 0.212 e. The van der Waals surface area contributed by atoms with Gasteiger partial charge in [0.1, 0.15) is 12.0 Å². The molecule has 3 aromatic rings. The number of nitrogens with zero attached hydrogens (tertiary/aromatic N) is 4. The predicted molar refractivity (Wildman–Crippen MR) is 108 cm³/mol. The molecule has 1 aliphatic rings. The van der Waals surface area contributed by atoms with Crippen LogP contribution in [0, 0.1) is 11.8 Å². The van der Waals surface area contributed by atoms with Crippen molar-refractivity contribution < 1.29 is 4.74 Å². The molecule has 0 saturated heterocycles. The van der Waals surface area contributed by atoms with E-state index in [9.17, 15) is 0 Å². The third kappa shape index (κ3) is 3.16. The highest BCUT2D eigenvalue weighted by molar-refractivity contribution is 6.31. The second kappa shape index (κ2) is 7.27. The number of halogens is 1. The molecule has 8 heteroatoms. The molecule has 7 nitrogen and oxygen atoms in total. The molecule has 0 bridgehead atoms.